The maximum atomic E-state index is 12.6. The van der Waals surface area contributed by atoms with E-state index in [4.69, 9.17) is 14.2 Å². The smallest absolute Gasteiger partial charge is 0.329 e. The highest BCUT2D eigenvalue weighted by Crippen LogP contribution is 2.36. The van der Waals surface area contributed by atoms with Gasteiger partial charge in [0.15, 0.2) is 11.5 Å². The van der Waals surface area contributed by atoms with Crippen molar-refractivity contribution in [3.8, 4) is 17.2 Å². The van der Waals surface area contributed by atoms with Crippen molar-refractivity contribution in [1.29, 1.82) is 0 Å². The minimum absolute atomic E-state index is 0.226. The van der Waals surface area contributed by atoms with Gasteiger partial charge in [0, 0.05) is 18.2 Å². The quantitative estimate of drug-likeness (QED) is 0.499. The van der Waals surface area contributed by atoms with Crippen molar-refractivity contribution in [3.63, 3.8) is 0 Å². The van der Waals surface area contributed by atoms with Crippen LogP contribution in [0.3, 0.4) is 0 Å². The number of amides is 3. The van der Waals surface area contributed by atoms with Gasteiger partial charge in [0.25, 0.3) is 5.91 Å². The number of carbonyl (C=O) groups excluding carboxylic acids is 2. The molecule has 1 fully saturated rings. The molecule has 0 radical (unpaired) electrons. The van der Waals surface area contributed by atoms with E-state index in [1.165, 1.54) is 4.90 Å². The minimum atomic E-state index is -0.395. The fraction of sp³-hybridized carbons (Fsp3) is 0.500. The Morgan fingerprint density at radius 1 is 0.926 bits per heavy atom. The van der Waals surface area contributed by atoms with E-state index in [9.17, 15) is 9.59 Å². The third-order valence-corrected chi connectivity index (χ3v) is 3.97. The molecule has 1 saturated heterocycles. The molecule has 0 aromatic heterocycles. The summed E-state index contributed by atoms with van der Waals surface area (Å²) < 4.78 is 17.0. The summed E-state index contributed by atoms with van der Waals surface area (Å²) >= 11 is 0. The molecule has 3 amide bonds. The predicted molar refractivity (Wildman–Crippen MR) is 103 cm³/mol. The fourth-order valence-corrected chi connectivity index (χ4v) is 2.73. The lowest BCUT2D eigenvalue weighted by molar-refractivity contribution is -0.122. The lowest BCUT2D eigenvalue weighted by Crippen LogP contribution is -2.31. The summed E-state index contributed by atoms with van der Waals surface area (Å²) in [5.74, 6) is 1.37. The molecule has 0 saturated carbocycles. The summed E-state index contributed by atoms with van der Waals surface area (Å²) in [6, 6.07) is 3.12. The molecule has 7 nitrogen and oxygen atoms in total. The number of rotatable bonds is 10. The van der Waals surface area contributed by atoms with Gasteiger partial charge in [0.05, 0.1) is 19.8 Å². The van der Waals surface area contributed by atoms with E-state index < -0.39 is 6.03 Å². The van der Waals surface area contributed by atoms with Gasteiger partial charge in [-0.2, -0.15) is 0 Å². The first-order chi connectivity index (χ1) is 13.0. The van der Waals surface area contributed by atoms with Crippen LogP contribution in [0.25, 0.3) is 6.08 Å². The van der Waals surface area contributed by atoms with Crippen LogP contribution in [0.1, 0.15) is 46.1 Å². The highest BCUT2D eigenvalue weighted by molar-refractivity contribution is 6.14. The van der Waals surface area contributed by atoms with Crippen LogP contribution in [0.15, 0.2) is 17.8 Å². The Morgan fingerprint density at radius 3 is 2.11 bits per heavy atom. The molecule has 7 heteroatoms. The minimum Gasteiger partial charge on any atom is -0.493 e. The monoisotopic (exact) mass is 376 g/mol. The topological polar surface area (TPSA) is 77.1 Å². The van der Waals surface area contributed by atoms with Gasteiger partial charge in [0.2, 0.25) is 0 Å². The number of hydrogen-bond donors (Lipinski definition) is 1. The van der Waals surface area contributed by atoms with Crippen LogP contribution >= 0.6 is 0 Å². The standard InChI is InChI=1S/C20H28N2O5/c1-5-9-10-22-19(23)15(21-20(22)24)11-14-12-17(26-7-3)18(27-8-4)13-16(14)25-6-2/h11-13H,5-10H2,1-4H3,(H,21,24). The Morgan fingerprint density at radius 2 is 1.52 bits per heavy atom. The molecule has 1 aromatic rings. The van der Waals surface area contributed by atoms with Crippen LogP contribution in [-0.2, 0) is 4.79 Å². The van der Waals surface area contributed by atoms with Crippen molar-refractivity contribution in [1.82, 2.24) is 10.2 Å². The molecule has 0 spiro atoms. The number of carbonyl (C=O) groups is 2. The second-order valence-corrected chi connectivity index (χ2v) is 5.93. The maximum Gasteiger partial charge on any atom is 0.329 e. The zero-order valence-electron chi connectivity index (χ0n) is 16.5. The highest BCUT2D eigenvalue weighted by Gasteiger charge is 2.33. The van der Waals surface area contributed by atoms with Gasteiger partial charge in [-0.1, -0.05) is 13.3 Å². The normalized spacial score (nSPS) is 15.3. The summed E-state index contributed by atoms with van der Waals surface area (Å²) in [5.41, 5.74) is 0.869. The van der Waals surface area contributed by atoms with Gasteiger partial charge in [-0.05, 0) is 39.3 Å². The fourth-order valence-electron chi connectivity index (χ4n) is 2.73. The Balaban J connectivity index is 2.40. The van der Waals surface area contributed by atoms with Crippen molar-refractivity contribution in [2.75, 3.05) is 26.4 Å². The summed E-state index contributed by atoms with van der Waals surface area (Å²) in [5, 5.41) is 2.64. The molecular formula is C20H28N2O5. The molecule has 1 N–H and O–H groups in total. The molecule has 0 aliphatic carbocycles. The van der Waals surface area contributed by atoms with Crippen molar-refractivity contribution >= 4 is 18.0 Å². The third-order valence-electron chi connectivity index (χ3n) is 3.97. The molecule has 0 atom stereocenters. The number of urea groups is 1. The maximum absolute atomic E-state index is 12.6. The van der Waals surface area contributed by atoms with E-state index in [-0.39, 0.29) is 11.6 Å². The molecule has 1 aromatic carbocycles. The van der Waals surface area contributed by atoms with Crippen molar-refractivity contribution in [2.24, 2.45) is 0 Å². The second kappa shape index (κ2) is 9.85. The van der Waals surface area contributed by atoms with Crippen molar-refractivity contribution in [2.45, 2.75) is 40.5 Å². The van der Waals surface area contributed by atoms with Crippen molar-refractivity contribution in [3.05, 3.63) is 23.4 Å². The zero-order chi connectivity index (χ0) is 19.8. The van der Waals surface area contributed by atoms with Gasteiger partial charge < -0.3 is 19.5 Å². The largest absolute Gasteiger partial charge is 0.493 e. The number of imide groups is 1. The molecule has 2 rings (SSSR count). The number of nitrogens with zero attached hydrogens (tertiary/aromatic N) is 1. The summed E-state index contributed by atoms with van der Waals surface area (Å²) in [6.07, 6.45) is 3.30. The molecule has 0 bridgehead atoms. The van der Waals surface area contributed by atoms with Gasteiger partial charge >= 0.3 is 6.03 Å². The highest BCUT2D eigenvalue weighted by atomic mass is 16.5. The number of unbranched alkanes of at least 4 members (excludes halogenated alkanes) is 1. The Bertz CT molecular complexity index is 715. The second-order valence-electron chi connectivity index (χ2n) is 5.93. The zero-order valence-corrected chi connectivity index (χ0v) is 16.5. The van der Waals surface area contributed by atoms with E-state index in [1.54, 1.807) is 18.2 Å². The van der Waals surface area contributed by atoms with Gasteiger partial charge in [-0.25, -0.2) is 4.79 Å². The van der Waals surface area contributed by atoms with Crippen LogP contribution in [0, 0.1) is 0 Å². The van der Waals surface area contributed by atoms with Crippen LogP contribution < -0.4 is 19.5 Å². The first-order valence-corrected chi connectivity index (χ1v) is 9.46. The van der Waals surface area contributed by atoms with Crippen LogP contribution in [0.4, 0.5) is 4.79 Å². The predicted octanol–water partition coefficient (Wildman–Crippen LogP) is 3.58. The number of nitrogens with one attached hydrogen (secondary N) is 1. The summed E-state index contributed by atoms with van der Waals surface area (Å²) in [4.78, 5) is 25.9. The van der Waals surface area contributed by atoms with E-state index in [1.807, 2.05) is 27.7 Å². The molecule has 1 aliphatic rings. The van der Waals surface area contributed by atoms with E-state index >= 15 is 0 Å². The van der Waals surface area contributed by atoms with Crippen LogP contribution in [0.5, 0.6) is 17.2 Å². The molecule has 0 unspecified atom stereocenters. The average Bonchev–Trinajstić information content (AvgIpc) is 2.90. The van der Waals surface area contributed by atoms with Crippen molar-refractivity contribution < 1.29 is 23.8 Å². The molecule has 27 heavy (non-hydrogen) atoms. The first-order valence-electron chi connectivity index (χ1n) is 9.46. The number of benzene rings is 1. The van der Waals surface area contributed by atoms with Crippen LogP contribution in [0.2, 0.25) is 0 Å². The molecule has 1 heterocycles. The summed E-state index contributed by atoms with van der Waals surface area (Å²) in [6.45, 7) is 9.50. The first kappa shape index (κ1) is 20.6. The lowest BCUT2D eigenvalue weighted by atomic mass is 10.1. The summed E-state index contributed by atoms with van der Waals surface area (Å²) in [7, 11) is 0. The molecular weight excluding hydrogens is 348 g/mol. The van der Waals surface area contributed by atoms with E-state index in [0.717, 1.165) is 12.8 Å². The van der Waals surface area contributed by atoms with Gasteiger partial charge in [-0.15, -0.1) is 0 Å². The van der Waals surface area contributed by atoms with Gasteiger partial charge in [0.1, 0.15) is 11.4 Å². The molecule has 148 valence electrons. The number of ether oxygens (including phenoxy) is 3. The number of hydrogen-bond acceptors (Lipinski definition) is 5. The Kier molecular flexibility index (Phi) is 7.52. The SMILES string of the molecule is CCCCN1C(=O)NC(=Cc2cc(OCC)c(OCC)cc2OCC)C1=O. The van der Waals surface area contributed by atoms with Gasteiger partial charge in [-0.3, -0.25) is 9.69 Å². The lowest BCUT2D eigenvalue weighted by Gasteiger charge is -2.15. The van der Waals surface area contributed by atoms with E-state index in [2.05, 4.69) is 5.32 Å². The van der Waals surface area contributed by atoms with Crippen LogP contribution in [-0.4, -0.2) is 43.2 Å². The molecule has 1 aliphatic heterocycles. The Labute approximate surface area is 160 Å². The average molecular weight is 376 g/mol. The Hall–Kier alpha value is -2.70. The van der Waals surface area contributed by atoms with E-state index in [0.29, 0.717) is 49.2 Å². The third kappa shape index (κ3) is 4.93.